The lowest BCUT2D eigenvalue weighted by Gasteiger charge is -2.15. The van der Waals surface area contributed by atoms with Crippen molar-refractivity contribution < 1.29 is 9.53 Å². The topological polar surface area (TPSA) is 38.3 Å². The summed E-state index contributed by atoms with van der Waals surface area (Å²) < 4.78 is 5.69. The number of carbonyl (C=O) groups is 1. The van der Waals surface area contributed by atoms with Gasteiger partial charge in [0.25, 0.3) is 5.91 Å². The van der Waals surface area contributed by atoms with Gasteiger partial charge in [-0.25, -0.2) is 0 Å². The molecule has 0 aliphatic heterocycles. The average molecular weight is 387 g/mol. The molecular formula is C18H18Cl3NO2. The Morgan fingerprint density at radius 3 is 2.42 bits per heavy atom. The first-order valence-corrected chi connectivity index (χ1v) is 8.59. The standard InChI is InChI=1S/C18H18Cl3NO2/c1-10(2)12-5-4-11(3)6-17(12)24-9-18(23)22-16-8-14(20)13(19)7-15(16)21/h4-8,10H,9H2,1-3H3,(H,22,23). The largest absolute Gasteiger partial charge is 0.483 e. The smallest absolute Gasteiger partial charge is 0.262 e. The van der Waals surface area contributed by atoms with Gasteiger partial charge in [0.2, 0.25) is 0 Å². The summed E-state index contributed by atoms with van der Waals surface area (Å²) >= 11 is 17.9. The minimum atomic E-state index is -0.327. The molecule has 0 fully saturated rings. The summed E-state index contributed by atoms with van der Waals surface area (Å²) in [6.45, 7) is 6.01. The third kappa shape index (κ3) is 4.79. The number of hydrogen-bond acceptors (Lipinski definition) is 2. The van der Waals surface area contributed by atoms with Gasteiger partial charge in [0.1, 0.15) is 5.75 Å². The van der Waals surface area contributed by atoms with Gasteiger partial charge in [0.15, 0.2) is 6.61 Å². The Kier molecular flexibility index (Phi) is 6.39. The summed E-state index contributed by atoms with van der Waals surface area (Å²) in [6.07, 6.45) is 0. The summed E-state index contributed by atoms with van der Waals surface area (Å²) in [4.78, 5) is 12.1. The minimum absolute atomic E-state index is 0.125. The maximum Gasteiger partial charge on any atom is 0.262 e. The minimum Gasteiger partial charge on any atom is -0.483 e. The molecule has 6 heteroatoms. The first-order valence-electron chi connectivity index (χ1n) is 7.45. The average Bonchev–Trinajstić information content (AvgIpc) is 2.50. The van der Waals surface area contributed by atoms with Crippen LogP contribution in [0.15, 0.2) is 30.3 Å². The van der Waals surface area contributed by atoms with Crippen molar-refractivity contribution in [1.82, 2.24) is 0 Å². The maximum atomic E-state index is 12.1. The maximum absolute atomic E-state index is 12.1. The Morgan fingerprint density at radius 1 is 1.08 bits per heavy atom. The molecule has 1 amide bonds. The quantitative estimate of drug-likeness (QED) is 0.631. The van der Waals surface area contributed by atoms with Gasteiger partial charge in [0, 0.05) is 0 Å². The first kappa shape index (κ1) is 18.9. The molecule has 0 aromatic heterocycles. The van der Waals surface area contributed by atoms with Gasteiger partial charge < -0.3 is 10.1 Å². The second kappa shape index (κ2) is 8.11. The predicted octanol–water partition coefficient (Wildman–Crippen LogP) is 6.10. The Labute approximate surface area is 156 Å². The van der Waals surface area contributed by atoms with E-state index in [0.29, 0.717) is 32.4 Å². The van der Waals surface area contributed by atoms with Crippen LogP contribution in [0.25, 0.3) is 0 Å². The molecule has 0 aliphatic rings. The fraction of sp³-hybridized carbons (Fsp3) is 0.278. The van der Waals surface area contributed by atoms with Crippen LogP contribution in [0.1, 0.15) is 30.9 Å². The van der Waals surface area contributed by atoms with Crippen molar-refractivity contribution in [2.45, 2.75) is 26.7 Å². The van der Waals surface area contributed by atoms with Crippen molar-refractivity contribution >= 4 is 46.4 Å². The van der Waals surface area contributed by atoms with E-state index >= 15 is 0 Å². The zero-order chi connectivity index (χ0) is 17.9. The van der Waals surface area contributed by atoms with E-state index in [4.69, 9.17) is 39.5 Å². The molecule has 0 unspecified atom stereocenters. The monoisotopic (exact) mass is 385 g/mol. The number of carbonyl (C=O) groups excluding carboxylic acids is 1. The molecule has 2 rings (SSSR count). The van der Waals surface area contributed by atoms with Gasteiger partial charge in [0.05, 0.1) is 20.8 Å². The Balaban J connectivity index is 2.07. The SMILES string of the molecule is Cc1ccc(C(C)C)c(OCC(=O)Nc2cc(Cl)c(Cl)cc2Cl)c1. The van der Waals surface area contributed by atoms with Gasteiger partial charge in [-0.3, -0.25) is 4.79 Å². The van der Waals surface area contributed by atoms with Crippen LogP contribution in [0.2, 0.25) is 15.1 Å². The number of ether oxygens (including phenoxy) is 1. The molecule has 0 bridgehead atoms. The molecule has 3 nitrogen and oxygen atoms in total. The number of amides is 1. The lowest BCUT2D eigenvalue weighted by atomic mass is 10.0. The molecule has 0 aliphatic carbocycles. The zero-order valence-corrected chi connectivity index (χ0v) is 15.9. The molecule has 0 spiro atoms. The normalized spacial score (nSPS) is 10.8. The highest BCUT2D eigenvalue weighted by atomic mass is 35.5. The zero-order valence-electron chi connectivity index (χ0n) is 13.6. The number of anilines is 1. The van der Waals surface area contributed by atoms with E-state index in [1.807, 2.05) is 25.1 Å². The Hall–Kier alpha value is -1.42. The van der Waals surface area contributed by atoms with E-state index in [9.17, 15) is 4.79 Å². The fourth-order valence-corrected chi connectivity index (χ4v) is 2.79. The molecule has 1 N–H and O–H groups in total. The second-order valence-corrected chi connectivity index (χ2v) is 7.00. The van der Waals surface area contributed by atoms with Crippen molar-refractivity contribution in [1.29, 1.82) is 0 Å². The molecule has 2 aromatic carbocycles. The molecule has 0 heterocycles. The molecule has 24 heavy (non-hydrogen) atoms. The summed E-state index contributed by atoms with van der Waals surface area (Å²) in [6, 6.07) is 8.96. The number of aryl methyl sites for hydroxylation is 1. The van der Waals surface area contributed by atoms with E-state index < -0.39 is 0 Å². The van der Waals surface area contributed by atoms with Crippen LogP contribution < -0.4 is 10.1 Å². The van der Waals surface area contributed by atoms with Crippen LogP contribution in [0.5, 0.6) is 5.75 Å². The molecule has 0 atom stereocenters. The molecule has 0 saturated heterocycles. The summed E-state index contributed by atoms with van der Waals surface area (Å²) in [5.41, 5.74) is 2.52. The highest BCUT2D eigenvalue weighted by Gasteiger charge is 2.12. The molecule has 2 aromatic rings. The summed E-state index contributed by atoms with van der Waals surface area (Å²) in [7, 11) is 0. The van der Waals surface area contributed by atoms with E-state index in [1.165, 1.54) is 12.1 Å². The van der Waals surface area contributed by atoms with Crippen molar-refractivity contribution in [2.75, 3.05) is 11.9 Å². The van der Waals surface area contributed by atoms with Crippen molar-refractivity contribution in [3.8, 4) is 5.75 Å². The van der Waals surface area contributed by atoms with Gasteiger partial charge in [-0.2, -0.15) is 0 Å². The molecule has 0 radical (unpaired) electrons. The molecule has 0 saturated carbocycles. The lowest BCUT2D eigenvalue weighted by Crippen LogP contribution is -2.21. The number of rotatable bonds is 5. The molecular weight excluding hydrogens is 369 g/mol. The fourth-order valence-electron chi connectivity index (χ4n) is 2.19. The van der Waals surface area contributed by atoms with Gasteiger partial charge in [-0.05, 0) is 42.2 Å². The number of benzene rings is 2. The third-order valence-electron chi connectivity index (χ3n) is 3.43. The number of halogens is 3. The van der Waals surface area contributed by atoms with Crippen LogP contribution in [-0.2, 0) is 4.79 Å². The second-order valence-electron chi connectivity index (χ2n) is 5.78. The van der Waals surface area contributed by atoms with E-state index in [0.717, 1.165) is 11.1 Å². The first-order chi connectivity index (χ1) is 11.3. The van der Waals surface area contributed by atoms with Crippen molar-refractivity contribution in [3.63, 3.8) is 0 Å². The number of hydrogen-bond donors (Lipinski definition) is 1. The van der Waals surface area contributed by atoms with Gasteiger partial charge in [-0.1, -0.05) is 60.8 Å². The van der Waals surface area contributed by atoms with Crippen molar-refractivity contribution in [3.05, 3.63) is 56.5 Å². The Bertz CT molecular complexity index is 760. The van der Waals surface area contributed by atoms with Crippen LogP contribution in [-0.4, -0.2) is 12.5 Å². The lowest BCUT2D eigenvalue weighted by molar-refractivity contribution is -0.118. The van der Waals surface area contributed by atoms with Crippen molar-refractivity contribution in [2.24, 2.45) is 0 Å². The van der Waals surface area contributed by atoms with E-state index in [-0.39, 0.29) is 12.5 Å². The van der Waals surface area contributed by atoms with Gasteiger partial charge >= 0.3 is 0 Å². The highest BCUT2D eigenvalue weighted by molar-refractivity contribution is 6.44. The summed E-state index contributed by atoms with van der Waals surface area (Å²) in [5.74, 6) is 0.681. The van der Waals surface area contributed by atoms with E-state index in [2.05, 4.69) is 19.2 Å². The van der Waals surface area contributed by atoms with E-state index in [1.54, 1.807) is 0 Å². The predicted molar refractivity (Wildman–Crippen MR) is 101 cm³/mol. The molecule has 128 valence electrons. The van der Waals surface area contributed by atoms with Crippen LogP contribution in [0, 0.1) is 6.92 Å². The number of nitrogens with one attached hydrogen (secondary N) is 1. The van der Waals surface area contributed by atoms with Crippen LogP contribution in [0.4, 0.5) is 5.69 Å². The summed E-state index contributed by atoms with van der Waals surface area (Å²) in [5, 5.41) is 3.64. The third-order valence-corrected chi connectivity index (χ3v) is 4.47. The van der Waals surface area contributed by atoms with Gasteiger partial charge in [-0.15, -0.1) is 0 Å². The highest BCUT2D eigenvalue weighted by Crippen LogP contribution is 2.32. The Morgan fingerprint density at radius 2 is 1.75 bits per heavy atom. The van der Waals surface area contributed by atoms with Crippen LogP contribution >= 0.6 is 34.8 Å². The van der Waals surface area contributed by atoms with Crippen LogP contribution in [0.3, 0.4) is 0 Å².